The summed E-state index contributed by atoms with van der Waals surface area (Å²) in [6.07, 6.45) is 4.58. The molecule has 8 heteroatoms. The molecule has 2 aromatic carbocycles. The van der Waals surface area contributed by atoms with Gasteiger partial charge in [-0.3, -0.25) is 9.52 Å². The Morgan fingerprint density at radius 2 is 1.82 bits per heavy atom. The van der Waals surface area contributed by atoms with Crippen molar-refractivity contribution in [1.82, 2.24) is 10.2 Å². The van der Waals surface area contributed by atoms with Gasteiger partial charge >= 0.3 is 0 Å². The second kappa shape index (κ2) is 12.0. The minimum absolute atomic E-state index is 0.101. The maximum absolute atomic E-state index is 12.6. The zero-order valence-electron chi connectivity index (χ0n) is 19.5. The van der Waals surface area contributed by atoms with E-state index in [2.05, 4.69) is 21.9 Å². The van der Waals surface area contributed by atoms with Gasteiger partial charge in [0.2, 0.25) is 0 Å². The molecule has 3 rings (SSSR count). The molecular weight excluding hydrogens is 438 g/mol. The van der Waals surface area contributed by atoms with Gasteiger partial charge in [0.1, 0.15) is 5.75 Å². The fourth-order valence-corrected chi connectivity index (χ4v) is 5.10. The Morgan fingerprint density at radius 1 is 1.09 bits per heavy atom. The van der Waals surface area contributed by atoms with E-state index < -0.39 is 10.0 Å². The van der Waals surface area contributed by atoms with Crippen molar-refractivity contribution in [2.24, 2.45) is 5.92 Å². The Kier molecular flexibility index (Phi) is 9.14. The molecule has 1 heterocycles. The van der Waals surface area contributed by atoms with Gasteiger partial charge in [-0.25, -0.2) is 8.42 Å². The van der Waals surface area contributed by atoms with Crippen LogP contribution in [0.25, 0.3) is 0 Å². The number of nitrogens with zero attached hydrogens (tertiary/aromatic N) is 1. The van der Waals surface area contributed by atoms with Crippen LogP contribution in [0.5, 0.6) is 5.75 Å². The van der Waals surface area contributed by atoms with Gasteiger partial charge in [-0.15, -0.1) is 0 Å². The molecule has 0 bridgehead atoms. The van der Waals surface area contributed by atoms with E-state index in [9.17, 15) is 13.2 Å². The number of amides is 1. The lowest BCUT2D eigenvalue weighted by Gasteiger charge is -2.30. The zero-order chi connectivity index (χ0) is 23.7. The van der Waals surface area contributed by atoms with Crippen molar-refractivity contribution in [1.29, 1.82) is 0 Å². The zero-order valence-corrected chi connectivity index (χ0v) is 20.4. The summed E-state index contributed by atoms with van der Waals surface area (Å²) in [6.45, 7) is 8.78. The van der Waals surface area contributed by atoms with Crippen molar-refractivity contribution >= 4 is 21.6 Å². The average Bonchev–Trinajstić information content (AvgIpc) is 2.80. The Morgan fingerprint density at radius 3 is 2.48 bits per heavy atom. The maximum Gasteiger partial charge on any atom is 0.261 e. The highest BCUT2D eigenvalue weighted by Crippen LogP contribution is 2.20. The summed E-state index contributed by atoms with van der Waals surface area (Å²) < 4.78 is 33.2. The largest absolute Gasteiger partial charge is 0.494 e. The Hall–Kier alpha value is -2.58. The van der Waals surface area contributed by atoms with Gasteiger partial charge in [0.15, 0.2) is 0 Å². The van der Waals surface area contributed by atoms with E-state index in [-0.39, 0.29) is 10.8 Å². The third-order valence-electron chi connectivity index (χ3n) is 5.77. The number of unbranched alkanes of at least 4 members (excludes halogenated alkanes) is 1. The van der Waals surface area contributed by atoms with Crippen molar-refractivity contribution in [3.63, 3.8) is 0 Å². The first-order chi connectivity index (χ1) is 15.9. The summed E-state index contributed by atoms with van der Waals surface area (Å²) >= 11 is 0. The number of hydrogen-bond donors (Lipinski definition) is 2. The van der Waals surface area contributed by atoms with Gasteiger partial charge < -0.3 is 15.0 Å². The first-order valence-electron chi connectivity index (χ1n) is 11.7. The number of nitrogens with one attached hydrogen (secondary N) is 2. The number of anilines is 1. The van der Waals surface area contributed by atoms with E-state index in [0.717, 1.165) is 25.3 Å². The normalized spacial score (nSPS) is 16.8. The minimum atomic E-state index is -3.75. The van der Waals surface area contributed by atoms with Crippen molar-refractivity contribution in [2.45, 2.75) is 44.4 Å². The van der Waals surface area contributed by atoms with Gasteiger partial charge in [-0.2, -0.15) is 0 Å². The van der Waals surface area contributed by atoms with E-state index in [1.807, 2.05) is 6.92 Å². The predicted molar refractivity (Wildman–Crippen MR) is 131 cm³/mol. The molecular formula is C25H35N3O4S. The molecule has 1 fully saturated rings. The van der Waals surface area contributed by atoms with Gasteiger partial charge in [-0.1, -0.05) is 6.92 Å². The molecule has 33 heavy (non-hydrogen) atoms. The number of piperidine rings is 1. The molecule has 1 atom stereocenters. The van der Waals surface area contributed by atoms with Crippen molar-refractivity contribution in [3.05, 3.63) is 54.1 Å². The summed E-state index contributed by atoms with van der Waals surface area (Å²) in [5.74, 6) is 1.27. The molecule has 0 aromatic heterocycles. The van der Waals surface area contributed by atoms with Crippen LogP contribution in [0, 0.1) is 5.92 Å². The third kappa shape index (κ3) is 7.75. The van der Waals surface area contributed by atoms with Crippen LogP contribution < -0.4 is 14.8 Å². The molecule has 2 N–H and O–H groups in total. The molecule has 0 spiro atoms. The quantitative estimate of drug-likeness (QED) is 0.479. The number of hydrogen-bond acceptors (Lipinski definition) is 5. The molecule has 0 aliphatic carbocycles. The lowest BCUT2D eigenvalue weighted by atomic mass is 10.0. The molecule has 1 saturated heterocycles. The third-order valence-corrected chi connectivity index (χ3v) is 7.17. The Balaban J connectivity index is 1.44. The summed E-state index contributed by atoms with van der Waals surface area (Å²) in [5.41, 5.74) is 0.888. The molecule has 7 nitrogen and oxygen atoms in total. The molecule has 1 amide bonds. The second-order valence-electron chi connectivity index (χ2n) is 8.60. The van der Waals surface area contributed by atoms with E-state index in [4.69, 9.17) is 4.74 Å². The van der Waals surface area contributed by atoms with Crippen molar-refractivity contribution in [2.75, 3.05) is 37.5 Å². The SMILES string of the molecule is CCOc1ccc(NS(=O)(=O)c2ccc(C(=O)NCCCCN3CCCC(C)C3)cc2)cc1. The van der Waals surface area contributed by atoms with Crippen LogP contribution in [0.2, 0.25) is 0 Å². The van der Waals surface area contributed by atoms with Gasteiger partial charge in [-0.05, 0) is 100 Å². The number of rotatable bonds is 11. The fraction of sp³-hybridized carbons (Fsp3) is 0.480. The number of benzene rings is 2. The van der Waals surface area contributed by atoms with Crippen LogP contribution in [0.4, 0.5) is 5.69 Å². The Labute approximate surface area is 197 Å². The van der Waals surface area contributed by atoms with Crippen LogP contribution in [0.3, 0.4) is 0 Å². The lowest BCUT2D eigenvalue weighted by Crippen LogP contribution is -2.35. The number of likely N-dealkylation sites (tertiary alicyclic amines) is 1. The van der Waals surface area contributed by atoms with E-state index >= 15 is 0 Å². The van der Waals surface area contributed by atoms with Gasteiger partial charge in [0, 0.05) is 24.3 Å². The minimum Gasteiger partial charge on any atom is -0.494 e. The number of sulfonamides is 1. The number of carbonyl (C=O) groups excluding carboxylic acids is 1. The lowest BCUT2D eigenvalue weighted by molar-refractivity contribution is 0.0952. The summed E-state index contributed by atoms with van der Waals surface area (Å²) in [7, 11) is -3.75. The molecule has 1 unspecified atom stereocenters. The first kappa shape index (κ1) is 25.1. The van der Waals surface area contributed by atoms with Crippen LogP contribution in [0.15, 0.2) is 53.4 Å². The van der Waals surface area contributed by atoms with Crippen molar-refractivity contribution < 1.29 is 17.9 Å². The maximum atomic E-state index is 12.6. The second-order valence-corrected chi connectivity index (χ2v) is 10.3. The first-order valence-corrected chi connectivity index (χ1v) is 13.2. The predicted octanol–water partition coefficient (Wildman–Crippen LogP) is 4.13. The molecule has 0 radical (unpaired) electrons. The average molecular weight is 474 g/mol. The van der Waals surface area contributed by atoms with E-state index in [1.165, 1.54) is 50.2 Å². The standard InChI is InChI=1S/C25H35N3O4S/c1-3-32-23-12-10-22(11-13-23)27-33(30,31)24-14-8-21(9-15-24)25(29)26-16-4-5-17-28-18-6-7-20(2)19-28/h8-15,20,27H,3-7,16-19H2,1-2H3,(H,26,29). The highest BCUT2D eigenvalue weighted by atomic mass is 32.2. The number of ether oxygens (including phenoxy) is 1. The monoisotopic (exact) mass is 473 g/mol. The fourth-order valence-electron chi connectivity index (χ4n) is 4.04. The van der Waals surface area contributed by atoms with Gasteiger partial charge in [0.05, 0.1) is 11.5 Å². The van der Waals surface area contributed by atoms with Gasteiger partial charge in [0.25, 0.3) is 15.9 Å². The molecule has 0 saturated carbocycles. The topological polar surface area (TPSA) is 87.7 Å². The van der Waals surface area contributed by atoms with Crippen LogP contribution in [0.1, 0.15) is 49.9 Å². The molecule has 1 aliphatic heterocycles. The van der Waals surface area contributed by atoms with Crippen molar-refractivity contribution in [3.8, 4) is 5.75 Å². The smallest absolute Gasteiger partial charge is 0.261 e. The summed E-state index contributed by atoms with van der Waals surface area (Å²) in [5, 5.41) is 2.92. The van der Waals surface area contributed by atoms with E-state index in [1.54, 1.807) is 24.3 Å². The highest BCUT2D eigenvalue weighted by molar-refractivity contribution is 7.92. The van der Waals surface area contributed by atoms with Crippen LogP contribution in [-0.4, -0.2) is 52.0 Å². The van der Waals surface area contributed by atoms with E-state index in [0.29, 0.717) is 30.2 Å². The molecule has 180 valence electrons. The molecule has 1 aliphatic rings. The van der Waals surface area contributed by atoms with Crippen LogP contribution in [-0.2, 0) is 10.0 Å². The number of carbonyl (C=O) groups is 1. The van der Waals surface area contributed by atoms with Crippen LogP contribution >= 0.6 is 0 Å². The summed E-state index contributed by atoms with van der Waals surface area (Å²) in [6, 6.07) is 12.7. The Bertz CT molecular complexity index is 991. The highest BCUT2D eigenvalue weighted by Gasteiger charge is 2.16. The summed E-state index contributed by atoms with van der Waals surface area (Å²) in [4.78, 5) is 15.0. The molecule has 2 aromatic rings.